The van der Waals surface area contributed by atoms with Crippen molar-refractivity contribution in [3.8, 4) is 0 Å². The van der Waals surface area contributed by atoms with Crippen molar-refractivity contribution in [2.24, 2.45) is 17.6 Å². The average molecular weight is 386 g/mol. The smallest absolute Gasteiger partial charge is 0.331 e. The molecule has 4 atom stereocenters. The van der Waals surface area contributed by atoms with Crippen molar-refractivity contribution < 1.29 is 19.4 Å². The molecule has 3 N–H and O–H groups in total. The van der Waals surface area contributed by atoms with Crippen molar-refractivity contribution in [2.75, 3.05) is 0 Å². The first-order valence-electron chi connectivity index (χ1n) is 9.59. The van der Waals surface area contributed by atoms with Crippen LogP contribution in [-0.2, 0) is 14.3 Å². The Bertz CT molecular complexity index is 694. The lowest BCUT2D eigenvalue weighted by molar-refractivity contribution is -0.151. The molecular formula is C23H31NO4. The molecule has 0 saturated heterocycles. The standard InChI is InChI=1S/C23H31NO4/c1-4-17(2)23(18(3)20(25)13-9-6-10-14-21(24)26)28-22(27)16-15-19-11-7-5-8-12-19/h5-12,14-18,20,23,25H,4,13H2,1-3H3,(H2,24,26). The normalized spacial score (nSPS) is 16.3. The molecule has 0 spiro atoms. The molecule has 1 amide bonds. The van der Waals surface area contributed by atoms with E-state index in [9.17, 15) is 14.7 Å². The molecule has 0 fully saturated rings. The number of allylic oxidation sites excluding steroid dienone is 2. The number of benzene rings is 1. The number of hydrogen-bond acceptors (Lipinski definition) is 4. The van der Waals surface area contributed by atoms with E-state index < -0.39 is 24.1 Å². The van der Waals surface area contributed by atoms with Gasteiger partial charge < -0.3 is 15.6 Å². The fourth-order valence-corrected chi connectivity index (χ4v) is 2.76. The molecule has 1 rings (SSSR count). The minimum atomic E-state index is -0.678. The van der Waals surface area contributed by atoms with Crippen molar-refractivity contribution in [1.29, 1.82) is 0 Å². The van der Waals surface area contributed by atoms with Gasteiger partial charge in [0.1, 0.15) is 6.10 Å². The van der Waals surface area contributed by atoms with E-state index in [4.69, 9.17) is 10.5 Å². The number of esters is 1. The molecule has 1 aromatic rings. The van der Waals surface area contributed by atoms with Gasteiger partial charge in [-0.2, -0.15) is 0 Å². The summed E-state index contributed by atoms with van der Waals surface area (Å²) in [5, 5.41) is 10.5. The maximum Gasteiger partial charge on any atom is 0.331 e. The Morgan fingerprint density at radius 1 is 1.14 bits per heavy atom. The summed E-state index contributed by atoms with van der Waals surface area (Å²) in [6.07, 6.45) is 9.45. The largest absolute Gasteiger partial charge is 0.459 e. The van der Waals surface area contributed by atoms with Crippen molar-refractivity contribution in [3.05, 3.63) is 66.3 Å². The number of rotatable bonds is 11. The highest BCUT2D eigenvalue weighted by atomic mass is 16.5. The number of carbonyl (C=O) groups is 2. The van der Waals surface area contributed by atoms with E-state index in [1.54, 1.807) is 18.2 Å². The maximum atomic E-state index is 12.3. The summed E-state index contributed by atoms with van der Waals surface area (Å²) < 4.78 is 5.68. The Balaban J connectivity index is 2.71. The second kappa shape index (κ2) is 12.7. The average Bonchev–Trinajstić information content (AvgIpc) is 2.69. The highest BCUT2D eigenvalue weighted by Crippen LogP contribution is 2.24. The number of carbonyl (C=O) groups excluding carboxylic acids is 2. The molecule has 0 aliphatic carbocycles. The van der Waals surface area contributed by atoms with E-state index in [0.717, 1.165) is 12.0 Å². The van der Waals surface area contributed by atoms with Crippen LogP contribution in [-0.4, -0.2) is 29.2 Å². The summed E-state index contributed by atoms with van der Waals surface area (Å²) in [7, 11) is 0. The van der Waals surface area contributed by atoms with E-state index in [2.05, 4.69) is 0 Å². The Kier molecular flexibility index (Phi) is 10.6. The SMILES string of the molecule is CCC(C)C(OC(=O)C=Cc1ccccc1)C(C)C(O)CC=CC=CC(N)=O. The van der Waals surface area contributed by atoms with Crippen molar-refractivity contribution in [3.63, 3.8) is 0 Å². The minimum Gasteiger partial charge on any atom is -0.459 e. The molecule has 5 nitrogen and oxygen atoms in total. The number of primary amides is 1. The van der Waals surface area contributed by atoms with E-state index in [1.165, 1.54) is 18.2 Å². The summed E-state index contributed by atoms with van der Waals surface area (Å²) in [5.41, 5.74) is 5.93. The Hall–Kier alpha value is -2.66. The van der Waals surface area contributed by atoms with E-state index in [0.29, 0.717) is 6.42 Å². The lowest BCUT2D eigenvalue weighted by Gasteiger charge is -2.31. The van der Waals surface area contributed by atoms with Gasteiger partial charge in [-0.05, 0) is 24.0 Å². The van der Waals surface area contributed by atoms with E-state index >= 15 is 0 Å². The predicted octanol–water partition coefficient (Wildman–Crippen LogP) is 3.64. The lowest BCUT2D eigenvalue weighted by atomic mass is 9.86. The number of hydrogen-bond donors (Lipinski definition) is 2. The van der Waals surface area contributed by atoms with Crippen molar-refractivity contribution in [1.82, 2.24) is 0 Å². The summed E-state index contributed by atoms with van der Waals surface area (Å²) in [6.45, 7) is 5.91. The zero-order valence-corrected chi connectivity index (χ0v) is 16.8. The first kappa shape index (κ1) is 23.4. The van der Waals surface area contributed by atoms with Crippen LogP contribution in [0, 0.1) is 11.8 Å². The van der Waals surface area contributed by atoms with Crippen LogP contribution in [0.4, 0.5) is 0 Å². The molecule has 152 valence electrons. The number of aliphatic hydroxyl groups is 1. The van der Waals surface area contributed by atoms with Gasteiger partial charge in [0.25, 0.3) is 0 Å². The predicted molar refractivity (Wildman–Crippen MR) is 112 cm³/mol. The van der Waals surface area contributed by atoms with Crippen LogP contribution >= 0.6 is 0 Å². The number of nitrogens with two attached hydrogens (primary N) is 1. The Morgan fingerprint density at radius 3 is 2.43 bits per heavy atom. The molecule has 0 saturated carbocycles. The molecular weight excluding hydrogens is 354 g/mol. The van der Waals surface area contributed by atoms with Crippen LogP contribution in [0.5, 0.6) is 0 Å². The first-order chi connectivity index (χ1) is 13.3. The van der Waals surface area contributed by atoms with Gasteiger partial charge >= 0.3 is 5.97 Å². The second-order valence-corrected chi connectivity index (χ2v) is 6.88. The molecule has 5 heteroatoms. The summed E-state index contributed by atoms with van der Waals surface area (Å²) in [4.78, 5) is 22.9. The van der Waals surface area contributed by atoms with Gasteiger partial charge in [-0.15, -0.1) is 0 Å². The zero-order valence-electron chi connectivity index (χ0n) is 16.8. The highest BCUT2D eigenvalue weighted by molar-refractivity contribution is 5.87. The Labute approximate surface area is 167 Å². The fourth-order valence-electron chi connectivity index (χ4n) is 2.76. The number of amides is 1. The van der Waals surface area contributed by atoms with Gasteiger partial charge in [-0.25, -0.2) is 4.79 Å². The van der Waals surface area contributed by atoms with Crippen LogP contribution in [0.3, 0.4) is 0 Å². The summed E-state index contributed by atoms with van der Waals surface area (Å²) in [6, 6.07) is 9.52. The van der Waals surface area contributed by atoms with Gasteiger partial charge in [0.15, 0.2) is 0 Å². The Morgan fingerprint density at radius 2 is 1.82 bits per heavy atom. The lowest BCUT2D eigenvalue weighted by Crippen LogP contribution is -2.37. The molecule has 0 aliphatic rings. The third-order valence-corrected chi connectivity index (χ3v) is 4.68. The van der Waals surface area contributed by atoms with Crippen LogP contribution in [0.2, 0.25) is 0 Å². The second-order valence-electron chi connectivity index (χ2n) is 6.88. The zero-order chi connectivity index (χ0) is 20.9. The van der Waals surface area contributed by atoms with Crippen LogP contribution in [0.25, 0.3) is 6.08 Å². The summed E-state index contributed by atoms with van der Waals surface area (Å²) >= 11 is 0. The first-order valence-corrected chi connectivity index (χ1v) is 9.59. The van der Waals surface area contributed by atoms with Gasteiger partial charge in [0.05, 0.1) is 6.10 Å². The number of aliphatic hydroxyl groups excluding tert-OH is 1. The molecule has 0 aromatic heterocycles. The van der Waals surface area contributed by atoms with Crippen molar-refractivity contribution >= 4 is 18.0 Å². The molecule has 1 aromatic carbocycles. The molecule has 0 radical (unpaired) electrons. The van der Waals surface area contributed by atoms with E-state index in [1.807, 2.05) is 51.1 Å². The monoisotopic (exact) mass is 385 g/mol. The minimum absolute atomic E-state index is 0.109. The maximum absolute atomic E-state index is 12.3. The summed E-state index contributed by atoms with van der Waals surface area (Å²) in [5.74, 6) is -1.08. The van der Waals surface area contributed by atoms with Gasteiger partial charge in [0, 0.05) is 18.1 Å². The quantitative estimate of drug-likeness (QED) is 0.346. The third-order valence-electron chi connectivity index (χ3n) is 4.68. The third kappa shape index (κ3) is 8.82. The molecule has 0 bridgehead atoms. The van der Waals surface area contributed by atoms with Crippen molar-refractivity contribution in [2.45, 2.75) is 45.8 Å². The highest BCUT2D eigenvalue weighted by Gasteiger charge is 2.30. The molecule has 0 heterocycles. The van der Waals surface area contributed by atoms with E-state index in [-0.39, 0.29) is 11.8 Å². The fraction of sp³-hybridized carbons (Fsp3) is 0.391. The van der Waals surface area contributed by atoms with Crippen LogP contribution in [0.1, 0.15) is 39.2 Å². The molecule has 0 aliphatic heterocycles. The molecule has 28 heavy (non-hydrogen) atoms. The topological polar surface area (TPSA) is 89.6 Å². The van der Waals surface area contributed by atoms with Crippen LogP contribution < -0.4 is 5.73 Å². The molecule has 4 unspecified atom stereocenters. The number of ether oxygens (including phenoxy) is 1. The van der Waals surface area contributed by atoms with Crippen LogP contribution in [0.15, 0.2) is 60.7 Å². The van der Waals surface area contributed by atoms with Gasteiger partial charge in [-0.1, -0.05) is 75.8 Å². The van der Waals surface area contributed by atoms with Gasteiger partial charge in [-0.3, -0.25) is 4.79 Å². The van der Waals surface area contributed by atoms with Gasteiger partial charge in [0.2, 0.25) is 5.91 Å².